The Balaban J connectivity index is 2.48. The summed E-state index contributed by atoms with van der Waals surface area (Å²) in [7, 11) is 0. The molecule has 0 bridgehead atoms. The Morgan fingerprint density at radius 1 is 1.21 bits per heavy atom. The molecule has 0 saturated carbocycles. The minimum Gasteiger partial charge on any atom is -0.381 e. The lowest BCUT2D eigenvalue weighted by molar-refractivity contribution is 0.522. The first-order valence-electron chi connectivity index (χ1n) is 5.24. The first-order valence-corrected chi connectivity index (χ1v) is 5.24. The van der Waals surface area contributed by atoms with Gasteiger partial charge in [-0.05, 0) is 24.5 Å². The van der Waals surface area contributed by atoms with Crippen molar-refractivity contribution in [1.29, 1.82) is 0 Å². The summed E-state index contributed by atoms with van der Waals surface area (Å²) in [6.07, 6.45) is 1.12. The molecule has 0 spiro atoms. The lowest BCUT2D eigenvalue weighted by Gasteiger charge is -2.19. The number of nitrogens with one attached hydrogen (secondary N) is 1. The molecule has 0 aliphatic heterocycles. The average molecular weight is 192 g/mol. The van der Waals surface area contributed by atoms with E-state index in [9.17, 15) is 0 Å². The van der Waals surface area contributed by atoms with Gasteiger partial charge in [-0.3, -0.25) is 0 Å². The minimum absolute atomic E-state index is 0.386. The van der Waals surface area contributed by atoms with Gasteiger partial charge >= 0.3 is 0 Å². The molecule has 0 radical (unpaired) electrons. The second-order valence-electron chi connectivity index (χ2n) is 4.07. The van der Waals surface area contributed by atoms with Crippen molar-refractivity contribution in [2.45, 2.75) is 26.3 Å². The molecule has 0 heterocycles. The third-order valence-corrected chi connectivity index (χ3v) is 2.19. The van der Waals surface area contributed by atoms with Crippen molar-refractivity contribution in [3.05, 3.63) is 30.3 Å². The molecule has 3 N–H and O–H groups in total. The number of para-hydroxylation sites is 1. The normalized spacial score (nSPS) is 12.9. The summed E-state index contributed by atoms with van der Waals surface area (Å²) >= 11 is 0. The van der Waals surface area contributed by atoms with Crippen LogP contribution in [0.2, 0.25) is 0 Å². The summed E-state index contributed by atoms with van der Waals surface area (Å²) in [5.41, 5.74) is 6.86. The highest BCUT2D eigenvalue weighted by Crippen LogP contribution is 2.11. The number of benzene rings is 1. The maximum Gasteiger partial charge on any atom is 0.0386 e. The Bertz CT molecular complexity index is 244. The van der Waals surface area contributed by atoms with E-state index >= 15 is 0 Å². The van der Waals surface area contributed by atoms with Gasteiger partial charge in [0.1, 0.15) is 0 Å². The Hall–Kier alpha value is -1.02. The van der Waals surface area contributed by atoms with Crippen LogP contribution in [0.4, 0.5) is 5.69 Å². The second kappa shape index (κ2) is 5.66. The summed E-state index contributed by atoms with van der Waals surface area (Å²) in [4.78, 5) is 0. The molecule has 78 valence electrons. The quantitative estimate of drug-likeness (QED) is 0.752. The lowest BCUT2D eigenvalue weighted by Crippen LogP contribution is -2.30. The van der Waals surface area contributed by atoms with Crippen molar-refractivity contribution in [1.82, 2.24) is 0 Å². The molecule has 0 fully saturated rings. The molecule has 14 heavy (non-hydrogen) atoms. The predicted octanol–water partition coefficient (Wildman–Crippen LogP) is 2.47. The van der Waals surface area contributed by atoms with Crippen LogP contribution in [0.15, 0.2) is 30.3 Å². The molecule has 1 atom stereocenters. The molecule has 2 nitrogen and oxygen atoms in total. The first kappa shape index (κ1) is 11.1. The Morgan fingerprint density at radius 2 is 1.86 bits per heavy atom. The molecule has 0 aliphatic carbocycles. The standard InChI is InChI=1S/C12H20N2/c1-10(2)8-12(9-13)14-11-6-4-3-5-7-11/h3-7,10,12,14H,8-9,13H2,1-2H3. The molecular weight excluding hydrogens is 172 g/mol. The van der Waals surface area contributed by atoms with Gasteiger partial charge in [0.2, 0.25) is 0 Å². The van der Waals surface area contributed by atoms with E-state index in [2.05, 4.69) is 31.3 Å². The molecule has 1 rings (SSSR count). The zero-order valence-electron chi connectivity index (χ0n) is 9.03. The number of anilines is 1. The van der Waals surface area contributed by atoms with E-state index in [1.807, 2.05) is 18.2 Å². The number of nitrogens with two attached hydrogens (primary N) is 1. The first-order chi connectivity index (χ1) is 6.72. The summed E-state index contributed by atoms with van der Waals surface area (Å²) in [5, 5.41) is 3.44. The third-order valence-electron chi connectivity index (χ3n) is 2.19. The van der Waals surface area contributed by atoms with Crippen LogP contribution in [0.1, 0.15) is 20.3 Å². The fraction of sp³-hybridized carbons (Fsp3) is 0.500. The maximum absolute atomic E-state index is 5.71. The maximum atomic E-state index is 5.71. The topological polar surface area (TPSA) is 38.0 Å². The highest BCUT2D eigenvalue weighted by atomic mass is 14.9. The van der Waals surface area contributed by atoms with Gasteiger partial charge in [0.25, 0.3) is 0 Å². The van der Waals surface area contributed by atoms with Crippen molar-refractivity contribution in [3.63, 3.8) is 0 Å². The van der Waals surface area contributed by atoms with E-state index in [1.54, 1.807) is 0 Å². The molecule has 1 aromatic carbocycles. The second-order valence-corrected chi connectivity index (χ2v) is 4.07. The van der Waals surface area contributed by atoms with Gasteiger partial charge in [0.15, 0.2) is 0 Å². The fourth-order valence-corrected chi connectivity index (χ4v) is 1.55. The zero-order chi connectivity index (χ0) is 10.4. The van der Waals surface area contributed by atoms with Gasteiger partial charge in [-0.2, -0.15) is 0 Å². The molecule has 0 amide bonds. The van der Waals surface area contributed by atoms with Gasteiger partial charge in [0.05, 0.1) is 0 Å². The number of rotatable bonds is 5. The monoisotopic (exact) mass is 192 g/mol. The average Bonchev–Trinajstić information content (AvgIpc) is 2.17. The molecule has 1 unspecified atom stereocenters. The minimum atomic E-state index is 0.386. The SMILES string of the molecule is CC(C)CC(CN)Nc1ccccc1. The van der Waals surface area contributed by atoms with Crippen LogP contribution in [0.25, 0.3) is 0 Å². The van der Waals surface area contributed by atoms with Crippen LogP contribution < -0.4 is 11.1 Å². The number of hydrogen-bond acceptors (Lipinski definition) is 2. The van der Waals surface area contributed by atoms with E-state index in [0.29, 0.717) is 18.5 Å². The lowest BCUT2D eigenvalue weighted by atomic mass is 10.0. The van der Waals surface area contributed by atoms with Crippen molar-refractivity contribution >= 4 is 5.69 Å². The van der Waals surface area contributed by atoms with Crippen molar-refractivity contribution in [3.8, 4) is 0 Å². The van der Waals surface area contributed by atoms with Crippen LogP contribution in [0, 0.1) is 5.92 Å². The Morgan fingerprint density at radius 3 is 2.36 bits per heavy atom. The Labute approximate surface area is 86.5 Å². The van der Waals surface area contributed by atoms with Crippen LogP contribution in [0.5, 0.6) is 0 Å². The van der Waals surface area contributed by atoms with E-state index in [1.165, 1.54) is 0 Å². The predicted molar refractivity (Wildman–Crippen MR) is 62.4 cm³/mol. The van der Waals surface area contributed by atoms with Gasteiger partial charge in [0, 0.05) is 18.3 Å². The molecule has 2 heteroatoms. The summed E-state index contributed by atoms with van der Waals surface area (Å²) < 4.78 is 0. The van der Waals surface area contributed by atoms with Crippen LogP contribution in [-0.4, -0.2) is 12.6 Å². The molecule has 1 aromatic rings. The number of hydrogen-bond donors (Lipinski definition) is 2. The summed E-state index contributed by atoms with van der Waals surface area (Å²) in [6.45, 7) is 5.12. The van der Waals surface area contributed by atoms with E-state index in [4.69, 9.17) is 5.73 Å². The van der Waals surface area contributed by atoms with Gasteiger partial charge in [-0.25, -0.2) is 0 Å². The van der Waals surface area contributed by atoms with Gasteiger partial charge < -0.3 is 11.1 Å². The molecule has 0 aromatic heterocycles. The summed E-state index contributed by atoms with van der Waals surface area (Å²) in [5.74, 6) is 0.680. The van der Waals surface area contributed by atoms with E-state index in [0.717, 1.165) is 12.1 Å². The van der Waals surface area contributed by atoms with E-state index in [-0.39, 0.29) is 0 Å². The smallest absolute Gasteiger partial charge is 0.0386 e. The summed E-state index contributed by atoms with van der Waals surface area (Å²) in [6, 6.07) is 10.6. The van der Waals surface area contributed by atoms with Gasteiger partial charge in [-0.1, -0.05) is 32.0 Å². The van der Waals surface area contributed by atoms with Crippen LogP contribution >= 0.6 is 0 Å². The van der Waals surface area contributed by atoms with E-state index < -0.39 is 0 Å². The molecule has 0 saturated heterocycles. The zero-order valence-corrected chi connectivity index (χ0v) is 9.03. The Kier molecular flexibility index (Phi) is 4.47. The van der Waals surface area contributed by atoms with Crippen molar-refractivity contribution in [2.75, 3.05) is 11.9 Å². The largest absolute Gasteiger partial charge is 0.381 e. The van der Waals surface area contributed by atoms with Crippen molar-refractivity contribution < 1.29 is 0 Å². The van der Waals surface area contributed by atoms with Crippen LogP contribution in [0.3, 0.4) is 0 Å². The van der Waals surface area contributed by atoms with Gasteiger partial charge in [-0.15, -0.1) is 0 Å². The molecule has 0 aliphatic rings. The van der Waals surface area contributed by atoms with Crippen molar-refractivity contribution in [2.24, 2.45) is 11.7 Å². The fourth-order valence-electron chi connectivity index (χ4n) is 1.55. The molecular formula is C12H20N2. The third kappa shape index (κ3) is 3.79. The van der Waals surface area contributed by atoms with Crippen LogP contribution in [-0.2, 0) is 0 Å². The highest BCUT2D eigenvalue weighted by molar-refractivity contribution is 5.43. The highest BCUT2D eigenvalue weighted by Gasteiger charge is 2.07.